The van der Waals surface area contributed by atoms with Gasteiger partial charge in [-0.15, -0.1) is 11.3 Å². The minimum absolute atomic E-state index is 0.114. The van der Waals surface area contributed by atoms with Gasteiger partial charge in [-0.2, -0.15) is 0 Å². The summed E-state index contributed by atoms with van der Waals surface area (Å²) in [6.45, 7) is 2.35. The Labute approximate surface area is 178 Å². The van der Waals surface area contributed by atoms with Crippen molar-refractivity contribution in [2.75, 3.05) is 6.54 Å². The van der Waals surface area contributed by atoms with E-state index in [1.54, 1.807) is 23.6 Å². The maximum absolute atomic E-state index is 13.2. The molecule has 1 amide bonds. The average molecular weight is 424 g/mol. The van der Waals surface area contributed by atoms with Crippen LogP contribution in [-0.4, -0.2) is 21.6 Å². The molecule has 156 valence electrons. The van der Waals surface area contributed by atoms with Gasteiger partial charge in [-0.1, -0.05) is 23.8 Å². The van der Waals surface area contributed by atoms with Crippen LogP contribution in [0.3, 0.4) is 0 Å². The Morgan fingerprint density at radius 2 is 2.07 bits per heavy atom. The summed E-state index contributed by atoms with van der Waals surface area (Å²) in [5, 5.41) is 4.70. The summed E-state index contributed by atoms with van der Waals surface area (Å²) in [4.78, 5) is 38.8. The predicted molar refractivity (Wildman–Crippen MR) is 121 cm³/mol. The molecule has 0 saturated carbocycles. The Morgan fingerprint density at radius 1 is 1.20 bits per heavy atom. The fourth-order valence-electron chi connectivity index (χ4n) is 3.93. The lowest BCUT2D eigenvalue weighted by Gasteiger charge is -2.14. The van der Waals surface area contributed by atoms with Crippen molar-refractivity contribution in [2.24, 2.45) is 0 Å². The first kappa shape index (κ1) is 20.3. The first-order chi connectivity index (χ1) is 14.5. The van der Waals surface area contributed by atoms with Gasteiger partial charge in [0, 0.05) is 6.54 Å². The second kappa shape index (κ2) is 8.83. The van der Waals surface area contributed by atoms with Crippen molar-refractivity contribution in [1.82, 2.24) is 14.5 Å². The lowest BCUT2D eigenvalue weighted by molar-refractivity contribution is -0.121. The highest BCUT2D eigenvalue weighted by Gasteiger charge is 2.17. The van der Waals surface area contributed by atoms with Crippen LogP contribution in [0.1, 0.15) is 37.7 Å². The zero-order valence-electron chi connectivity index (χ0n) is 17.0. The van der Waals surface area contributed by atoms with Gasteiger partial charge in [-0.25, -0.2) is 9.36 Å². The molecule has 1 aromatic carbocycles. The fraction of sp³-hybridized carbons (Fsp3) is 0.348. The van der Waals surface area contributed by atoms with Crippen LogP contribution in [0, 0.1) is 6.92 Å². The zero-order chi connectivity index (χ0) is 21.1. The number of allylic oxidation sites excluding steroid dienone is 1. The van der Waals surface area contributed by atoms with Gasteiger partial charge in [0.15, 0.2) is 0 Å². The summed E-state index contributed by atoms with van der Waals surface area (Å²) in [6, 6.07) is 8.98. The van der Waals surface area contributed by atoms with Gasteiger partial charge in [0.1, 0.15) is 11.2 Å². The molecule has 30 heavy (non-hydrogen) atoms. The average Bonchev–Trinajstić information content (AvgIpc) is 3.22. The van der Waals surface area contributed by atoms with Crippen LogP contribution in [0.2, 0.25) is 0 Å². The molecule has 1 aliphatic carbocycles. The second-order valence-electron chi connectivity index (χ2n) is 7.69. The van der Waals surface area contributed by atoms with E-state index < -0.39 is 5.69 Å². The van der Waals surface area contributed by atoms with Crippen LogP contribution in [0.25, 0.3) is 15.9 Å². The van der Waals surface area contributed by atoms with Gasteiger partial charge in [0.05, 0.1) is 11.2 Å². The van der Waals surface area contributed by atoms with E-state index in [1.807, 2.05) is 19.1 Å². The number of hydrogen-bond donors (Lipinski definition) is 1. The van der Waals surface area contributed by atoms with Crippen LogP contribution in [0.15, 0.2) is 57.0 Å². The maximum atomic E-state index is 13.2. The molecular formula is C23H25N3O3S. The molecule has 2 heterocycles. The van der Waals surface area contributed by atoms with E-state index in [0.717, 1.165) is 29.4 Å². The molecule has 1 N–H and O–H groups in total. The first-order valence-electron chi connectivity index (χ1n) is 10.3. The van der Waals surface area contributed by atoms with E-state index in [-0.39, 0.29) is 18.0 Å². The monoisotopic (exact) mass is 423 g/mol. The molecule has 0 fully saturated rings. The molecule has 0 saturated heterocycles. The molecule has 0 radical (unpaired) electrons. The predicted octanol–water partition coefficient (Wildman–Crippen LogP) is 3.53. The third-order valence-electron chi connectivity index (χ3n) is 5.47. The number of thiophene rings is 1. The number of carbonyl (C=O) groups is 1. The van der Waals surface area contributed by atoms with Crippen LogP contribution >= 0.6 is 11.3 Å². The summed E-state index contributed by atoms with van der Waals surface area (Å²) < 4.78 is 3.02. The molecule has 0 unspecified atom stereocenters. The summed E-state index contributed by atoms with van der Waals surface area (Å²) in [5.41, 5.74) is 2.51. The number of aryl methyl sites for hydroxylation is 1. The van der Waals surface area contributed by atoms with Crippen molar-refractivity contribution >= 4 is 27.5 Å². The summed E-state index contributed by atoms with van der Waals surface area (Å²) in [6.07, 6.45) is 7.80. The molecule has 2 aromatic heterocycles. The third-order valence-corrected chi connectivity index (χ3v) is 6.36. The van der Waals surface area contributed by atoms with Crippen LogP contribution < -0.4 is 16.6 Å². The SMILES string of the molecule is Cc1cccc(-n2c(=O)c3sccc3n(CC(=O)NCCC3=CCCCC3)c2=O)c1. The van der Waals surface area contributed by atoms with Crippen molar-refractivity contribution < 1.29 is 4.79 Å². The van der Waals surface area contributed by atoms with E-state index in [2.05, 4.69) is 11.4 Å². The smallest absolute Gasteiger partial charge is 0.336 e. The molecular weight excluding hydrogens is 398 g/mol. The van der Waals surface area contributed by atoms with Gasteiger partial charge < -0.3 is 5.32 Å². The summed E-state index contributed by atoms with van der Waals surface area (Å²) in [7, 11) is 0. The molecule has 0 atom stereocenters. The second-order valence-corrected chi connectivity index (χ2v) is 8.61. The summed E-state index contributed by atoms with van der Waals surface area (Å²) in [5.74, 6) is -0.226. The number of fused-ring (bicyclic) bond motifs is 1. The lowest BCUT2D eigenvalue weighted by Crippen LogP contribution is -2.41. The van der Waals surface area contributed by atoms with E-state index in [4.69, 9.17) is 0 Å². The highest BCUT2D eigenvalue weighted by Crippen LogP contribution is 2.19. The topological polar surface area (TPSA) is 73.1 Å². The minimum Gasteiger partial charge on any atom is -0.354 e. The molecule has 0 spiro atoms. The molecule has 0 bridgehead atoms. The zero-order valence-corrected chi connectivity index (χ0v) is 17.8. The Balaban J connectivity index is 1.61. The van der Waals surface area contributed by atoms with Gasteiger partial charge in [0.25, 0.3) is 5.56 Å². The standard InChI is InChI=1S/C23H25N3O3S/c1-16-6-5-9-18(14-16)26-22(28)21-19(11-13-30-21)25(23(26)29)15-20(27)24-12-10-17-7-3-2-4-8-17/h5-7,9,11,13-14H,2-4,8,10,12,15H2,1H3,(H,24,27). The fourth-order valence-corrected chi connectivity index (χ4v) is 4.75. The quantitative estimate of drug-likeness (QED) is 0.617. The van der Waals surface area contributed by atoms with E-state index in [9.17, 15) is 14.4 Å². The Morgan fingerprint density at radius 3 is 2.83 bits per heavy atom. The molecule has 3 aromatic rings. The van der Waals surface area contributed by atoms with Crippen molar-refractivity contribution in [3.05, 3.63) is 73.8 Å². The Hall–Kier alpha value is -2.93. The number of nitrogens with zero attached hydrogens (tertiary/aromatic N) is 2. The van der Waals surface area contributed by atoms with Crippen LogP contribution in [0.5, 0.6) is 0 Å². The number of carbonyl (C=O) groups excluding carboxylic acids is 1. The van der Waals surface area contributed by atoms with E-state index >= 15 is 0 Å². The van der Waals surface area contributed by atoms with Crippen LogP contribution in [0.4, 0.5) is 0 Å². The minimum atomic E-state index is -0.498. The summed E-state index contributed by atoms with van der Waals surface area (Å²) >= 11 is 1.28. The van der Waals surface area contributed by atoms with E-state index in [1.165, 1.54) is 34.3 Å². The first-order valence-corrected chi connectivity index (χ1v) is 11.2. The number of aromatic nitrogens is 2. The Kier molecular flexibility index (Phi) is 5.99. The highest BCUT2D eigenvalue weighted by atomic mass is 32.1. The number of nitrogens with one attached hydrogen (secondary N) is 1. The number of rotatable bonds is 6. The van der Waals surface area contributed by atoms with Gasteiger partial charge >= 0.3 is 5.69 Å². The maximum Gasteiger partial charge on any atom is 0.336 e. The van der Waals surface area contributed by atoms with Crippen molar-refractivity contribution in [1.29, 1.82) is 0 Å². The number of hydrogen-bond acceptors (Lipinski definition) is 4. The van der Waals surface area contributed by atoms with Crippen molar-refractivity contribution in [3.8, 4) is 5.69 Å². The molecule has 1 aliphatic rings. The highest BCUT2D eigenvalue weighted by molar-refractivity contribution is 7.17. The van der Waals surface area contributed by atoms with Crippen molar-refractivity contribution in [2.45, 2.75) is 45.6 Å². The van der Waals surface area contributed by atoms with Crippen LogP contribution in [-0.2, 0) is 11.3 Å². The number of benzene rings is 1. The number of amides is 1. The van der Waals surface area contributed by atoms with Gasteiger partial charge in [0.2, 0.25) is 5.91 Å². The van der Waals surface area contributed by atoms with Gasteiger partial charge in [-0.3, -0.25) is 14.2 Å². The lowest BCUT2D eigenvalue weighted by atomic mass is 9.97. The molecule has 4 rings (SSSR count). The van der Waals surface area contributed by atoms with Gasteiger partial charge in [-0.05, 0) is 68.2 Å². The van der Waals surface area contributed by atoms with E-state index in [0.29, 0.717) is 22.4 Å². The molecule has 6 nitrogen and oxygen atoms in total. The van der Waals surface area contributed by atoms with Crippen molar-refractivity contribution in [3.63, 3.8) is 0 Å². The third kappa shape index (κ3) is 4.16. The molecule has 0 aliphatic heterocycles. The molecule has 7 heteroatoms. The normalized spacial score (nSPS) is 14.0. The largest absolute Gasteiger partial charge is 0.354 e. The Bertz CT molecular complexity index is 1230.